The number of fused-ring (bicyclic) bond motifs is 1. The molecule has 1 aliphatic rings. The molecule has 92 valence electrons. The van der Waals surface area contributed by atoms with E-state index in [9.17, 15) is 4.79 Å². The summed E-state index contributed by atoms with van der Waals surface area (Å²) in [4.78, 5) is 11.6. The number of amides is 1. The molecule has 0 unspecified atom stereocenters. The molecule has 1 aromatic carbocycles. The van der Waals surface area contributed by atoms with Gasteiger partial charge in [0, 0.05) is 6.54 Å². The van der Waals surface area contributed by atoms with Crippen LogP contribution in [0.25, 0.3) is 0 Å². The molecule has 0 saturated heterocycles. The molecule has 0 bridgehead atoms. The van der Waals surface area contributed by atoms with Gasteiger partial charge in [0.2, 0.25) is 12.7 Å². The Morgan fingerprint density at radius 1 is 1.35 bits per heavy atom. The Balaban J connectivity index is 1.88. The first-order valence-corrected chi connectivity index (χ1v) is 5.95. The number of carbonyl (C=O) groups is 1. The molecule has 0 aromatic heterocycles. The Bertz CT molecular complexity index is 404. The van der Waals surface area contributed by atoms with E-state index < -0.39 is 0 Å². The van der Waals surface area contributed by atoms with Crippen LogP contribution in [0.4, 0.5) is 0 Å². The molecule has 0 saturated carbocycles. The van der Waals surface area contributed by atoms with Crippen LogP contribution in [0.2, 0.25) is 0 Å². The minimum atomic E-state index is 0.0531. The van der Waals surface area contributed by atoms with Crippen LogP contribution in [0.15, 0.2) is 18.2 Å². The van der Waals surface area contributed by atoms with Crippen molar-refractivity contribution in [3.63, 3.8) is 0 Å². The van der Waals surface area contributed by atoms with Crippen molar-refractivity contribution in [1.82, 2.24) is 5.32 Å². The van der Waals surface area contributed by atoms with Crippen LogP contribution in [0, 0.1) is 0 Å². The zero-order valence-corrected chi connectivity index (χ0v) is 9.99. The molecule has 4 nitrogen and oxygen atoms in total. The topological polar surface area (TPSA) is 47.6 Å². The molecule has 1 aliphatic heterocycles. The lowest BCUT2D eigenvalue weighted by molar-refractivity contribution is -0.120. The molecule has 0 spiro atoms. The first-order valence-electron chi connectivity index (χ1n) is 5.95. The van der Waals surface area contributed by atoms with Crippen molar-refractivity contribution in [2.45, 2.75) is 26.2 Å². The monoisotopic (exact) mass is 235 g/mol. The molecule has 17 heavy (non-hydrogen) atoms. The second kappa shape index (κ2) is 5.57. The molecular formula is C13H17NO3. The number of hydrogen-bond donors (Lipinski definition) is 1. The highest BCUT2D eigenvalue weighted by Crippen LogP contribution is 2.32. The molecule has 2 rings (SSSR count). The maximum absolute atomic E-state index is 11.6. The van der Waals surface area contributed by atoms with Gasteiger partial charge in [-0.05, 0) is 24.1 Å². The molecule has 1 amide bonds. The van der Waals surface area contributed by atoms with E-state index in [-0.39, 0.29) is 12.7 Å². The number of rotatable bonds is 5. The summed E-state index contributed by atoms with van der Waals surface area (Å²) in [6.07, 6.45) is 2.50. The molecule has 1 heterocycles. The van der Waals surface area contributed by atoms with Crippen LogP contribution in [-0.4, -0.2) is 19.2 Å². The Morgan fingerprint density at radius 2 is 2.18 bits per heavy atom. The van der Waals surface area contributed by atoms with Crippen molar-refractivity contribution in [3.05, 3.63) is 23.8 Å². The van der Waals surface area contributed by atoms with E-state index in [0.29, 0.717) is 6.42 Å². The van der Waals surface area contributed by atoms with Crippen LogP contribution in [-0.2, 0) is 11.2 Å². The molecule has 0 aliphatic carbocycles. The summed E-state index contributed by atoms with van der Waals surface area (Å²) in [5.41, 5.74) is 0.947. The number of benzene rings is 1. The van der Waals surface area contributed by atoms with E-state index in [0.717, 1.165) is 36.4 Å². The van der Waals surface area contributed by atoms with Crippen LogP contribution in [0.3, 0.4) is 0 Å². The Morgan fingerprint density at radius 3 is 3.00 bits per heavy atom. The van der Waals surface area contributed by atoms with Crippen LogP contribution in [0.1, 0.15) is 25.3 Å². The summed E-state index contributed by atoms with van der Waals surface area (Å²) in [5, 5.41) is 2.89. The SMILES string of the molecule is CCCCNC(=O)Cc1ccc2c(c1)OCO2. The summed E-state index contributed by atoms with van der Waals surface area (Å²) >= 11 is 0. The molecule has 0 fully saturated rings. The van der Waals surface area contributed by atoms with Crippen molar-refractivity contribution < 1.29 is 14.3 Å². The third kappa shape index (κ3) is 3.12. The summed E-state index contributed by atoms with van der Waals surface area (Å²) < 4.78 is 10.5. The van der Waals surface area contributed by atoms with Crippen LogP contribution in [0.5, 0.6) is 11.5 Å². The first kappa shape index (κ1) is 11.8. The van der Waals surface area contributed by atoms with Gasteiger partial charge in [-0.3, -0.25) is 4.79 Å². The number of hydrogen-bond acceptors (Lipinski definition) is 3. The fourth-order valence-corrected chi connectivity index (χ4v) is 1.70. The van der Waals surface area contributed by atoms with Gasteiger partial charge in [-0.25, -0.2) is 0 Å². The van der Waals surface area contributed by atoms with Gasteiger partial charge in [0.15, 0.2) is 11.5 Å². The van der Waals surface area contributed by atoms with Gasteiger partial charge in [0.1, 0.15) is 0 Å². The number of unbranched alkanes of at least 4 members (excludes halogenated alkanes) is 1. The van der Waals surface area contributed by atoms with E-state index in [2.05, 4.69) is 12.2 Å². The summed E-state index contributed by atoms with van der Waals surface area (Å²) in [5.74, 6) is 1.53. The van der Waals surface area contributed by atoms with E-state index in [1.165, 1.54) is 0 Å². The number of carbonyl (C=O) groups excluding carboxylic acids is 1. The van der Waals surface area contributed by atoms with Crippen molar-refractivity contribution in [2.24, 2.45) is 0 Å². The Hall–Kier alpha value is -1.71. The second-order valence-electron chi connectivity index (χ2n) is 4.07. The minimum Gasteiger partial charge on any atom is -0.454 e. The zero-order valence-electron chi connectivity index (χ0n) is 9.99. The lowest BCUT2D eigenvalue weighted by atomic mass is 10.1. The first-order chi connectivity index (χ1) is 8.29. The van der Waals surface area contributed by atoms with Gasteiger partial charge in [-0.15, -0.1) is 0 Å². The highest BCUT2D eigenvalue weighted by Gasteiger charge is 2.14. The lowest BCUT2D eigenvalue weighted by Gasteiger charge is -2.05. The van der Waals surface area contributed by atoms with E-state index >= 15 is 0 Å². The molecule has 4 heteroatoms. The molecule has 1 aromatic rings. The summed E-state index contributed by atoms with van der Waals surface area (Å²) in [7, 11) is 0. The van der Waals surface area contributed by atoms with Gasteiger partial charge in [-0.2, -0.15) is 0 Å². The molecular weight excluding hydrogens is 218 g/mol. The Kier molecular flexibility index (Phi) is 3.85. The lowest BCUT2D eigenvalue weighted by Crippen LogP contribution is -2.25. The van der Waals surface area contributed by atoms with E-state index in [1.54, 1.807) is 0 Å². The zero-order chi connectivity index (χ0) is 12.1. The average molecular weight is 235 g/mol. The molecule has 0 atom stereocenters. The second-order valence-corrected chi connectivity index (χ2v) is 4.07. The maximum atomic E-state index is 11.6. The van der Waals surface area contributed by atoms with Gasteiger partial charge in [-0.1, -0.05) is 19.4 Å². The maximum Gasteiger partial charge on any atom is 0.231 e. The van der Waals surface area contributed by atoms with Crippen LogP contribution >= 0.6 is 0 Å². The van der Waals surface area contributed by atoms with Crippen LogP contribution < -0.4 is 14.8 Å². The fraction of sp³-hybridized carbons (Fsp3) is 0.462. The smallest absolute Gasteiger partial charge is 0.231 e. The minimum absolute atomic E-state index is 0.0531. The fourth-order valence-electron chi connectivity index (χ4n) is 1.70. The normalized spacial score (nSPS) is 12.5. The molecule has 0 radical (unpaired) electrons. The standard InChI is InChI=1S/C13H17NO3/c1-2-3-6-14-13(15)8-10-4-5-11-12(7-10)17-9-16-11/h4-5,7H,2-3,6,8-9H2,1H3,(H,14,15). The summed E-state index contributed by atoms with van der Waals surface area (Å²) in [6.45, 7) is 3.12. The van der Waals surface area contributed by atoms with Crippen molar-refractivity contribution in [3.8, 4) is 11.5 Å². The Labute approximate surface area is 101 Å². The molecule has 1 N–H and O–H groups in total. The van der Waals surface area contributed by atoms with Gasteiger partial charge in [0.25, 0.3) is 0 Å². The quantitative estimate of drug-likeness (QED) is 0.793. The highest BCUT2D eigenvalue weighted by atomic mass is 16.7. The largest absolute Gasteiger partial charge is 0.454 e. The number of ether oxygens (including phenoxy) is 2. The third-order valence-electron chi connectivity index (χ3n) is 2.65. The highest BCUT2D eigenvalue weighted by molar-refractivity contribution is 5.78. The van der Waals surface area contributed by atoms with E-state index in [4.69, 9.17) is 9.47 Å². The van der Waals surface area contributed by atoms with Crippen molar-refractivity contribution in [2.75, 3.05) is 13.3 Å². The summed E-state index contributed by atoms with van der Waals surface area (Å²) in [6, 6.07) is 5.60. The number of nitrogens with one attached hydrogen (secondary N) is 1. The predicted molar refractivity (Wildman–Crippen MR) is 64.2 cm³/mol. The van der Waals surface area contributed by atoms with Crippen molar-refractivity contribution in [1.29, 1.82) is 0 Å². The van der Waals surface area contributed by atoms with Gasteiger partial charge >= 0.3 is 0 Å². The van der Waals surface area contributed by atoms with Crippen molar-refractivity contribution >= 4 is 5.91 Å². The van der Waals surface area contributed by atoms with Gasteiger partial charge in [0.05, 0.1) is 6.42 Å². The van der Waals surface area contributed by atoms with Gasteiger partial charge < -0.3 is 14.8 Å². The van der Waals surface area contributed by atoms with E-state index in [1.807, 2.05) is 18.2 Å². The third-order valence-corrected chi connectivity index (χ3v) is 2.65. The predicted octanol–water partition coefficient (Wildman–Crippen LogP) is 1.87. The average Bonchev–Trinajstić information content (AvgIpc) is 2.76.